The van der Waals surface area contributed by atoms with Crippen LogP contribution in [0.5, 0.6) is 0 Å². The van der Waals surface area contributed by atoms with Crippen molar-refractivity contribution in [2.45, 2.75) is 0 Å². The summed E-state index contributed by atoms with van der Waals surface area (Å²) in [5.41, 5.74) is 0.900. The maximum atomic E-state index is 9.75. The van der Waals surface area contributed by atoms with Gasteiger partial charge in [0.2, 0.25) is 0 Å². The van der Waals surface area contributed by atoms with Crippen LogP contribution in [0.25, 0.3) is 11.0 Å². The van der Waals surface area contributed by atoms with Gasteiger partial charge < -0.3 is 56.2 Å². The Labute approximate surface area is 175 Å². The van der Waals surface area contributed by atoms with Crippen LogP contribution < -0.4 is 51.4 Å². The minimum absolute atomic E-state index is 0. The molecule has 0 amide bonds. The number of furan rings is 1. The van der Waals surface area contributed by atoms with Gasteiger partial charge in [0.25, 0.3) is 0 Å². The van der Waals surface area contributed by atoms with Crippen molar-refractivity contribution in [2.75, 3.05) is 0 Å². The van der Waals surface area contributed by atoms with Gasteiger partial charge in [-0.1, -0.05) is 18.2 Å². The molecule has 0 N–H and O–H groups in total. The Morgan fingerprint density at radius 3 is 1.28 bits per heavy atom. The first kappa shape index (κ1) is 29.5. The Morgan fingerprint density at radius 2 is 0.960 bits per heavy atom. The fourth-order valence-corrected chi connectivity index (χ4v) is 0.849. The Kier molecular flexibility index (Phi) is 15.3. The fourth-order valence-electron chi connectivity index (χ4n) is 0.849. The van der Waals surface area contributed by atoms with Crippen molar-refractivity contribution in [2.24, 2.45) is 0 Å². The second-order valence-corrected chi connectivity index (χ2v) is 3.39. The van der Waals surface area contributed by atoms with Crippen LogP contribution in [0.1, 0.15) is 0 Å². The zero-order valence-corrected chi connectivity index (χ0v) is 15.2. The zero-order valence-electron chi connectivity index (χ0n) is 12.1. The van der Waals surface area contributed by atoms with E-state index in [9.17, 15) is 51.8 Å². The molecule has 0 spiro atoms. The molecule has 17 heteroatoms. The number of hydrogen-bond acceptors (Lipinski definition) is 1. The Balaban J connectivity index is -0.000000269. The van der Waals surface area contributed by atoms with E-state index in [4.69, 9.17) is 4.42 Å². The minimum atomic E-state index is -6.00. The first-order valence-electron chi connectivity index (χ1n) is 5.43. The second-order valence-electron chi connectivity index (χ2n) is 3.39. The smallest absolute Gasteiger partial charge is 0.591 e. The Bertz CT molecular complexity index is 489. The van der Waals surface area contributed by atoms with Gasteiger partial charge in [-0.25, -0.2) is 0 Å². The normalized spacial score (nSPS) is 10.9. The van der Waals surface area contributed by atoms with Crippen molar-refractivity contribution in [3.05, 3.63) is 36.6 Å². The molecule has 1 nitrogen and oxygen atoms in total. The fraction of sp³-hybridized carbons (Fsp3) is 0. The summed E-state index contributed by atoms with van der Waals surface area (Å²) in [6, 6.07) is 9.67. The van der Waals surface area contributed by atoms with Crippen LogP contribution in [-0.2, 0) is 0 Å². The van der Waals surface area contributed by atoms with Crippen LogP contribution in [0.4, 0.5) is 51.8 Å². The molecule has 0 aliphatic rings. The van der Waals surface area contributed by atoms with E-state index in [1.807, 2.05) is 30.3 Å². The van der Waals surface area contributed by atoms with Crippen LogP contribution in [0.2, 0.25) is 0 Å². The average molecular weight is 417 g/mol. The van der Waals surface area contributed by atoms with E-state index >= 15 is 0 Å². The van der Waals surface area contributed by atoms with Crippen LogP contribution in [0.3, 0.4) is 0 Å². The molecule has 0 fully saturated rings. The molecule has 0 aliphatic carbocycles. The van der Waals surface area contributed by atoms with Gasteiger partial charge >= 0.3 is 73.1 Å². The van der Waals surface area contributed by atoms with Crippen LogP contribution in [-0.4, -0.2) is 21.8 Å². The van der Waals surface area contributed by atoms with Crippen LogP contribution >= 0.6 is 0 Å². The molecule has 2 aromatic rings. The number of hydrogen-bond donors (Lipinski definition) is 0. The van der Waals surface area contributed by atoms with Gasteiger partial charge in [0.05, 0.1) is 0 Å². The number of halogens is 12. The van der Waals surface area contributed by atoms with Crippen LogP contribution in [0.15, 0.2) is 34.7 Å². The van der Waals surface area contributed by atoms with E-state index in [0.717, 1.165) is 11.0 Å². The quantitative estimate of drug-likeness (QED) is 0.365. The second kappa shape index (κ2) is 13.0. The molecule has 2 rings (SSSR count). The topological polar surface area (TPSA) is 13.1 Å². The van der Waals surface area contributed by atoms with Gasteiger partial charge in [-0.15, -0.1) is 17.5 Å². The van der Waals surface area contributed by atoms with E-state index in [-0.39, 0.29) is 51.4 Å². The molecule has 0 saturated carbocycles. The molecule has 1 aromatic carbocycles. The molecule has 0 atom stereocenters. The molecule has 0 bridgehead atoms. The first-order chi connectivity index (χ1) is 10.5. The summed E-state index contributed by atoms with van der Waals surface area (Å²) in [5.74, 6) is 0. The van der Waals surface area contributed by atoms with Crippen molar-refractivity contribution in [1.82, 2.24) is 0 Å². The third kappa shape index (κ3) is 40.0. The molecule has 0 radical (unpaired) electrons. The van der Waals surface area contributed by atoms with Crippen molar-refractivity contribution in [3.63, 3.8) is 0 Å². The van der Waals surface area contributed by atoms with Crippen molar-refractivity contribution in [3.8, 4) is 0 Å². The van der Waals surface area contributed by atoms with E-state index in [1.54, 1.807) is 0 Å². The summed E-state index contributed by atoms with van der Waals surface area (Å²) < 4.78 is 122. The van der Waals surface area contributed by atoms with E-state index in [1.165, 1.54) is 0 Å². The maximum Gasteiger partial charge on any atom is 1.00 e. The summed E-state index contributed by atoms with van der Waals surface area (Å²) in [4.78, 5) is 0. The van der Waals surface area contributed by atoms with Crippen LogP contribution in [0, 0.1) is 6.26 Å². The monoisotopic (exact) mass is 417 g/mol. The Morgan fingerprint density at radius 1 is 0.640 bits per heavy atom. The molecular weight excluding hydrogens is 412 g/mol. The number of fused-ring (bicyclic) bond motifs is 1. The SMILES string of the molecule is F[B-](F)(F)F.F[B-](F)(F)F.F[B-](F)(F)F.[K+].[c-]1cc2ccccc2o1. The maximum absolute atomic E-state index is 9.75. The Hall–Kier alpha value is -0.249. The van der Waals surface area contributed by atoms with Gasteiger partial charge in [0.1, 0.15) is 0 Å². The molecule has 0 unspecified atom stereocenters. The molecule has 0 saturated heterocycles. The predicted molar refractivity (Wildman–Crippen MR) is 65.6 cm³/mol. The predicted octanol–water partition coefficient (Wildman–Crippen LogP) is 3.14. The van der Waals surface area contributed by atoms with Gasteiger partial charge in [-0.3, -0.25) is 0 Å². The summed E-state index contributed by atoms with van der Waals surface area (Å²) in [5, 5.41) is 1.11. The number of benzene rings is 1. The summed E-state index contributed by atoms with van der Waals surface area (Å²) in [6.07, 6.45) is 2.66. The van der Waals surface area contributed by atoms with Crippen molar-refractivity contribution < 1.29 is 108 Å². The van der Waals surface area contributed by atoms with Crippen molar-refractivity contribution in [1.29, 1.82) is 0 Å². The standard InChI is InChI=1S/C8H5O.3BF4.K/c1-2-4-8-7(3-1)5-6-9-8;3*2-1(3,4)5;/h1-5H;;;;/q4*-1;+1. The third-order valence-electron chi connectivity index (χ3n) is 1.30. The molecule has 25 heavy (non-hydrogen) atoms. The molecule has 1 heterocycles. The van der Waals surface area contributed by atoms with Gasteiger partial charge in [-0.2, -0.15) is 0 Å². The summed E-state index contributed by atoms with van der Waals surface area (Å²) >= 11 is 0. The minimum Gasteiger partial charge on any atom is -0.591 e. The number of para-hydroxylation sites is 1. The number of rotatable bonds is 0. The molecule has 140 valence electrons. The van der Waals surface area contributed by atoms with Crippen molar-refractivity contribution >= 4 is 32.7 Å². The molecule has 1 aromatic heterocycles. The molecule has 0 aliphatic heterocycles. The largest absolute Gasteiger partial charge is 1.00 e. The first-order valence-corrected chi connectivity index (χ1v) is 5.43. The van der Waals surface area contributed by atoms with Gasteiger partial charge in [0.15, 0.2) is 0 Å². The van der Waals surface area contributed by atoms with E-state index in [2.05, 4.69) is 6.26 Å². The summed E-state index contributed by atoms with van der Waals surface area (Å²) in [7, 11) is -18.0. The average Bonchev–Trinajstić information content (AvgIpc) is 2.69. The van der Waals surface area contributed by atoms with E-state index in [0.29, 0.717) is 0 Å². The summed E-state index contributed by atoms with van der Waals surface area (Å²) in [6.45, 7) is 0. The van der Waals surface area contributed by atoms with E-state index < -0.39 is 21.8 Å². The third-order valence-corrected chi connectivity index (χ3v) is 1.30. The molecular formula is C8H5B3F12KO-3. The zero-order chi connectivity index (χ0) is 19.6. The van der Waals surface area contributed by atoms with Gasteiger partial charge in [-0.05, 0) is 11.8 Å². The van der Waals surface area contributed by atoms with Gasteiger partial charge in [0, 0.05) is 0 Å².